The molecule has 8 rings (SSSR count). The van der Waals surface area contributed by atoms with Gasteiger partial charge in [0.1, 0.15) is 5.75 Å². The van der Waals surface area contributed by atoms with E-state index in [1.165, 1.54) is 22.3 Å². The summed E-state index contributed by atoms with van der Waals surface area (Å²) < 4.78 is 48.1. The van der Waals surface area contributed by atoms with E-state index < -0.39 is 0 Å². The molecule has 4 aromatic carbocycles. The molecule has 262 valence electrons. The first-order valence-electron chi connectivity index (χ1n) is 17.1. The van der Waals surface area contributed by atoms with E-state index in [0.717, 1.165) is 71.9 Å². The van der Waals surface area contributed by atoms with Crippen molar-refractivity contribution >= 4 is 0 Å². The highest BCUT2D eigenvalue weighted by atomic mass is 16.7. The van der Waals surface area contributed by atoms with Crippen LogP contribution in [0.2, 0.25) is 0 Å². The van der Waals surface area contributed by atoms with E-state index in [9.17, 15) is 0 Å². The van der Waals surface area contributed by atoms with Crippen LogP contribution in [-0.2, 0) is 25.7 Å². The number of hydrogen-bond acceptors (Lipinski definition) is 10. The summed E-state index contributed by atoms with van der Waals surface area (Å²) in [5, 5.41) is 0. The Hall–Kier alpha value is -4.80. The first kappa shape index (κ1) is 32.4. The molecule has 3 aliphatic heterocycles. The van der Waals surface area contributed by atoms with E-state index in [2.05, 4.69) is 48.2 Å². The Morgan fingerprint density at radius 2 is 1.40 bits per heavy atom. The number of fused-ring (bicyclic) bond motifs is 4. The van der Waals surface area contributed by atoms with Crippen LogP contribution in [0, 0.1) is 0 Å². The highest BCUT2D eigenvalue weighted by Gasteiger charge is 2.41. The topological polar surface area (TPSA) is 80.3 Å². The number of rotatable bonds is 9. The van der Waals surface area contributed by atoms with Crippen molar-refractivity contribution in [1.82, 2.24) is 9.80 Å². The van der Waals surface area contributed by atoms with Gasteiger partial charge in [0.25, 0.3) is 0 Å². The molecule has 10 heteroatoms. The molecule has 0 radical (unpaired) electrons. The quantitative estimate of drug-likeness (QED) is 0.189. The maximum absolute atomic E-state index is 6.82. The van der Waals surface area contributed by atoms with Crippen LogP contribution in [0.5, 0.6) is 51.7 Å². The third-order valence-corrected chi connectivity index (χ3v) is 10.9. The summed E-state index contributed by atoms with van der Waals surface area (Å²) in [4.78, 5) is 4.82. The van der Waals surface area contributed by atoms with Gasteiger partial charge in [0.05, 0.1) is 35.5 Å². The molecule has 0 aromatic heterocycles. The maximum Gasteiger partial charge on any atom is 0.231 e. The van der Waals surface area contributed by atoms with Gasteiger partial charge in [-0.1, -0.05) is 12.1 Å². The second-order valence-electron chi connectivity index (χ2n) is 13.4. The average Bonchev–Trinajstić information content (AvgIpc) is 3.60. The number of benzene rings is 4. The first-order chi connectivity index (χ1) is 24.4. The maximum atomic E-state index is 6.82. The molecule has 50 heavy (non-hydrogen) atoms. The molecule has 0 fully saturated rings. The van der Waals surface area contributed by atoms with Crippen molar-refractivity contribution < 1.29 is 37.9 Å². The van der Waals surface area contributed by atoms with Crippen LogP contribution in [-0.4, -0.2) is 79.3 Å². The van der Waals surface area contributed by atoms with E-state index in [-0.39, 0.29) is 18.9 Å². The molecule has 0 saturated heterocycles. The number of methoxy groups -OCH3 is 5. The second kappa shape index (κ2) is 12.8. The molecule has 0 saturated carbocycles. The van der Waals surface area contributed by atoms with Crippen LogP contribution in [0.3, 0.4) is 0 Å². The molecular formula is C40H44N2O8. The van der Waals surface area contributed by atoms with Gasteiger partial charge in [-0.15, -0.1) is 0 Å². The highest BCUT2D eigenvalue weighted by molar-refractivity contribution is 5.89. The van der Waals surface area contributed by atoms with Crippen LogP contribution in [0.25, 0.3) is 11.1 Å². The summed E-state index contributed by atoms with van der Waals surface area (Å²) >= 11 is 0. The van der Waals surface area contributed by atoms with E-state index >= 15 is 0 Å². The predicted octanol–water partition coefficient (Wildman–Crippen LogP) is 6.77. The first-order valence-corrected chi connectivity index (χ1v) is 17.1. The van der Waals surface area contributed by atoms with Gasteiger partial charge in [-0.05, 0) is 97.9 Å². The fourth-order valence-corrected chi connectivity index (χ4v) is 8.39. The smallest absolute Gasteiger partial charge is 0.231 e. The molecule has 1 aliphatic carbocycles. The molecule has 0 N–H and O–H groups in total. The van der Waals surface area contributed by atoms with Gasteiger partial charge >= 0.3 is 0 Å². The van der Waals surface area contributed by atoms with Crippen molar-refractivity contribution in [3.63, 3.8) is 0 Å². The third kappa shape index (κ3) is 5.07. The minimum Gasteiger partial charge on any atom is -0.493 e. The second-order valence-corrected chi connectivity index (χ2v) is 13.4. The molecule has 0 amide bonds. The number of hydrogen-bond donors (Lipinski definition) is 0. The zero-order chi connectivity index (χ0) is 34.7. The molecule has 4 aromatic rings. The summed E-state index contributed by atoms with van der Waals surface area (Å²) in [6.45, 7) is 2.15. The largest absolute Gasteiger partial charge is 0.493 e. The molecule has 0 bridgehead atoms. The lowest BCUT2D eigenvalue weighted by molar-refractivity contribution is 0.174. The highest BCUT2D eigenvalue weighted by Crippen LogP contribution is 2.60. The molecule has 0 unspecified atom stereocenters. The summed E-state index contributed by atoms with van der Waals surface area (Å²) in [6.07, 6.45) is 3.40. The van der Waals surface area contributed by atoms with Gasteiger partial charge in [-0.25, -0.2) is 0 Å². The van der Waals surface area contributed by atoms with Gasteiger partial charge in [0, 0.05) is 41.9 Å². The summed E-state index contributed by atoms with van der Waals surface area (Å²) in [6, 6.07) is 15.0. The van der Waals surface area contributed by atoms with Gasteiger partial charge in [-0.2, -0.15) is 0 Å². The van der Waals surface area contributed by atoms with E-state index in [1.54, 1.807) is 35.5 Å². The zero-order valence-electron chi connectivity index (χ0n) is 29.8. The zero-order valence-corrected chi connectivity index (χ0v) is 29.8. The summed E-state index contributed by atoms with van der Waals surface area (Å²) in [7, 11) is 12.7. The number of ether oxygens (including phenoxy) is 8. The van der Waals surface area contributed by atoms with Crippen molar-refractivity contribution in [2.24, 2.45) is 0 Å². The fourth-order valence-electron chi connectivity index (χ4n) is 8.39. The molecule has 4 aliphatic rings. The minimum absolute atomic E-state index is 0.0753. The number of nitrogens with zero attached hydrogens (tertiary/aromatic N) is 2. The fraction of sp³-hybridized carbons (Fsp3) is 0.400. The predicted molar refractivity (Wildman–Crippen MR) is 189 cm³/mol. The van der Waals surface area contributed by atoms with Crippen LogP contribution in [0.4, 0.5) is 0 Å². The molecular weight excluding hydrogens is 636 g/mol. The lowest BCUT2D eigenvalue weighted by Gasteiger charge is -2.41. The van der Waals surface area contributed by atoms with Crippen molar-refractivity contribution in [3.8, 4) is 62.9 Å². The lowest BCUT2D eigenvalue weighted by Crippen LogP contribution is -2.36. The van der Waals surface area contributed by atoms with Crippen molar-refractivity contribution in [3.05, 3.63) is 75.8 Å². The number of likely N-dealkylation sites (N-methyl/N-ethyl adjacent to an activating group) is 2. The van der Waals surface area contributed by atoms with Crippen LogP contribution < -0.4 is 37.9 Å². The minimum atomic E-state index is 0.0753. The van der Waals surface area contributed by atoms with Crippen LogP contribution in [0.15, 0.2) is 42.5 Å². The Labute approximate surface area is 293 Å². The SMILES string of the molecule is COc1cc2c(c(Oc3ccc(C[C@H]4c5cc6c(cc5CCN4C)OCO6)cc3)c1OC)C[C@H]1c3c(c(OC)c(OC)c(OC)c3-2)CCN1C. The lowest BCUT2D eigenvalue weighted by atomic mass is 9.75. The van der Waals surface area contributed by atoms with Crippen molar-refractivity contribution in [2.75, 3.05) is 69.5 Å². The van der Waals surface area contributed by atoms with Gasteiger partial charge in [0.2, 0.25) is 18.3 Å². The average molecular weight is 681 g/mol. The van der Waals surface area contributed by atoms with E-state index in [0.29, 0.717) is 40.9 Å². The summed E-state index contributed by atoms with van der Waals surface area (Å²) in [5.41, 5.74) is 9.16. The van der Waals surface area contributed by atoms with Crippen LogP contribution >= 0.6 is 0 Å². The summed E-state index contributed by atoms with van der Waals surface area (Å²) in [5.74, 6) is 6.10. The standard InChI is InChI=1S/C40H44N2O8/c1-41-14-12-23-17-31-32(49-21-48-31)19-26(23)29(41)16-22-8-10-24(11-9-22)50-37-28-18-30-34-25(13-15-42(30)2)36(44-4)40(47-7)39(46-6)35(34)27(28)20-33(43-3)38(37)45-5/h8-11,17,19-20,29-30H,12-16,18,21H2,1-7H3/t29-,30-/m0/s1. The van der Waals surface area contributed by atoms with Gasteiger partial charge in [0.15, 0.2) is 34.5 Å². The normalized spacial score (nSPS) is 18.9. The molecule has 2 atom stereocenters. The molecule has 3 heterocycles. The third-order valence-electron chi connectivity index (χ3n) is 10.9. The molecule has 0 spiro atoms. The molecule has 10 nitrogen and oxygen atoms in total. The monoisotopic (exact) mass is 680 g/mol. The van der Waals surface area contributed by atoms with Crippen molar-refractivity contribution in [2.45, 2.75) is 37.8 Å². The van der Waals surface area contributed by atoms with E-state index in [1.807, 2.05) is 18.2 Å². The van der Waals surface area contributed by atoms with Crippen LogP contribution in [0.1, 0.15) is 45.5 Å². The Morgan fingerprint density at radius 1 is 0.700 bits per heavy atom. The Balaban J connectivity index is 1.18. The van der Waals surface area contributed by atoms with E-state index in [4.69, 9.17) is 37.9 Å². The Bertz CT molecular complexity index is 1960. The van der Waals surface area contributed by atoms with Gasteiger partial charge < -0.3 is 37.9 Å². The van der Waals surface area contributed by atoms with Crippen molar-refractivity contribution in [1.29, 1.82) is 0 Å². The Kier molecular flexibility index (Phi) is 8.31. The van der Waals surface area contributed by atoms with Gasteiger partial charge in [-0.3, -0.25) is 9.80 Å². The Morgan fingerprint density at radius 3 is 2.10 bits per heavy atom.